The van der Waals surface area contributed by atoms with Crippen molar-refractivity contribution < 1.29 is 44.1 Å². The van der Waals surface area contributed by atoms with Crippen molar-refractivity contribution in [1.29, 1.82) is 0 Å². The third kappa shape index (κ3) is 8.17. The molecule has 0 bridgehead atoms. The fourth-order valence-electron chi connectivity index (χ4n) is 3.92. The van der Waals surface area contributed by atoms with E-state index in [4.69, 9.17) is 10.2 Å². The summed E-state index contributed by atoms with van der Waals surface area (Å²) in [6.45, 7) is 1.21. The van der Waals surface area contributed by atoms with E-state index >= 15 is 0 Å². The van der Waals surface area contributed by atoms with Gasteiger partial charge in [-0.25, -0.2) is 14.4 Å². The van der Waals surface area contributed by atoms with Crippen LogP contribution in [0, 0.1) is 5.92 Å². The Labute approximate surface area is 234 Å². The lowest BCUT2D eigenvalue weighted by Gasteiger charge is -2.25. The average molecular weight is 556 g/mol. The molecule has 3 rings (SSSR count). The van der Waals surface area contributed by atoms with E-state index in [2.05, 4.69) is 5.32 Å². The third-order valence-electron chi connectivity index (χ3n) is 6.02. The third-order valence-corrected chi connectivity index (χ3v) is 6.02. The highest BCUT2D eigenvalue weighted by molar-refractivity contribution is 6.14. The molecule has 0 aliphatic heterocycles. The van der Waals surface area contributed by atoms with Crippen molar-refractivity contribution in [2.45, 2.75) is 13.0 Å². The molecular formula is C31H25NO9. The molecule has 10 heteroatoms. The van der Waals surface area contributed by atoms with E-state index in [0.717, 1.165) is 12.2 Å². The fraction of sp³-hybridized carbons (Fsp3) is 0.0968. The van der Waals surface area contributed by atoms with Crippen LogP contribution in [-0.2, 0) is 14.4 Å². The number of nitrogens with one attached hydrogen (secondary N) is 1. The predicted octanol–water partition coefficient (Wildman–Crippen LogP) is 4.14. The van der Waals surface area contributed by atoms with E-state index < -0.39 is 47.3 Å². The SMILES string of the molecule is CC(=O)NC(c1ccc(C(=O)O)cc1)C(C(=O)/C=C/c1ccc(C(=O)O)cc1)C(=O)/C=C/c1ccc(C(=O)O)cc1. The molecule has 10 nitrogen and oxygen atoms in total. The number of amides is 1. The molecule has 1 atom stereocenters. The van der Waals surface area contributed by atoms with Crippen LogP contribution in [0.1, 0.15) is 60.7 Å². The van der Waals surface area contributed by atoms with Gasteiger partial charge in [0.2, 0.25) is 5.91 Å². The van der Waals surface area contributed by atoms with Gasteiger partial charge in [-0.1, -0.05) is 48.6 Å². The Kier molecular flexibility index (Phi) is 9.80. The van der Waals surface area contributed by atoms with Crippen LogP contribution in [-0.4, -0.2) is 50.7 Å². The standard InChI is InChI=1S/C31H25NO9/c1-18(33)32-28(21-12-14-24(15-13-21)31(40)41)27(25(34)16-6-19-2-8-22(9-3-19)29(36)37)26(35)17-7-20-4-10-23(11-5-20)30(38)39/h2-17,27-28H,1H3,(H,32,33)(H,36,37)(H,38,39)(H,40,41)/b16-6+,17-7+. The molecule has 3 aromatic rings. The number of carboxylic acid groups (broad SMARTS) is 3. The topological polar surface area (TPSA) is 175 Å². The summed E-state index contributed by atoms with van der Waals surface area (Å²) in [6.07, 6.45) is 5.10. The van der Waals surface area contributed by atoms with Crippen molar-refractivity contribution in [3.8, 4) is 0 Å². The lowest BCUT2D eigenvalue weighted by atomic mass is 9.85. The first-order chi connectivity index (χ1) is 19.5. The number of aromatic carboxylic acids is 3. The van der Waals surface area contributed by atoms with Gasteiger partial charge in [0.25, 0.3) is 0 Å². The van der Waals surface area contributed by atoms with Gasteiger partial charge in [0.05, 0.1) is 22.7 Å². The van der Waals surface area contributed by atoms with Crippen LogP contribution in [0.4, 0.5) is 0 Å². The van der Waals surface area contributed by atoms with Crippen LogP contribution in [0.25, 0.3) is 12.2 Å². The summed E-state index contributed by atoms with van der Waals surface area (Å²) in [7, 11) is 0. The summed E-state index contributed by atoms with van der Waals surface area (Å²) >= 11 is 0. The molecule has 1 unspecified atom stereocenters. The van der Waals surface area contributed by atoms with Gasteiger partial charge in [-0.3, -0.25) is 14.4 Å². The number of ketones is 2. The summed E-state index contributed by atoms with van der Waals surface area (Å²) in [4.78, 5) is 72.6. The molecule has 0 saturated carbocycles. The van der Waals surface area contributed by atoms with E-state index in [0.29, 0.717) is 16.7 Å². The van der Waals surface area contributed by atoms with Gasteiger partial charge in [-0.15, -0.1) is 0 Å². The Bertz CT molecular complexity index is 1450. The second kappa shape index (κ2) is 13.4. The molecule has 0 fully saturated rings. The van der Waals surface area contributed by atoms with Crippen LogP contribution in [0.15, 0.2) is 84.9 Å². The van der Waals surface area contributed by atoms with Crippen molar-refractivity contribution >= 4 is 47.5 Å². The van der Waals surface area contributed by atoms with Crippen molar-refractivity contribution in [2.75, 3.05) is 0 Å². The summed E-state index contributed by atoms with van der Waals surface area (Å²) < 4.78 is 0. The van der Waals surface area contributed by atoms with Crippen molar-refractivity contribution in [3.63, 3.8) is 0 Å². The Morgan fingerprint density at radius 3 is 1.24 bits per heavy atom. The molecule has 3 aromatic carbocycles. The molecule has 0 aromatic heterocycles. The second-order valence-corrected chi connectivity index (χ2v) is 8.91. The van der Waals surface area contributed by atoms with E-state index in [1.807, 2.05) is 0 Å². The molecule has 0 spiro atoms. The number of carbonyl (C=O) groups excluding carboxylic acids is 3. The van der Waals surface area contributed by atoms with Crippen LogP contribution in [0.3, 0.4) is 0 Å². The van der Waals surface area contributed by atoms with E-state index in [1.165, 1.54) is 91.9 Å². The van der Waals surface area contributed by atoms with Gasteiger partial charge in [0.1, 0.15) is 5.92 Å². The quantitative estimate of drug-likeness (QED) is 0.189. The van der Waals surface area contributed by atoms with E-state index in [9.17, 15) is 33.9 Å². The second-order valence-electron chi connectivity index (χ2n) is 8.91. The first kappa shape index (κ1) is 29.9. The lowest BCUT2D eigenvalue weighted by Crippen LogP contribution is -2.39. The van der Waals surface area contributed by atoms with Gasteiger partial charge >= 0.3 is 17.9 Å². The van der Waals surface area contributed by atoms with Gasteiger partial charge in [-0.2, -0.15) is 0 Å². The number of hydrogen-bond acceptors (Lipinski definition) is 6. The monoisotopic (exact) mass is 555 g/mol. The first-order valence-corrected chi connectivity index (χ1v) is 12.2. The molecule has 208 valence electrons. The van der Waals surface area contributed by atoms with Crippen LogP contribution in [0.2, 0.25) is 0 Å². The maximum Gasteiger partial charge on any atom is 0.335 e. The average Bonchev–Trinajstić information content (AvgIpc) is 2.94. The van der Waals surface area contributed by atoms with E-state index in [-0.39, 0.29) is 16.7 Å². The Balaban J connectivity index is 2.00. The Morgan fingerprint density at radius 1 is 0.585 bits per heavy atom. The summed E-state index contributed by atoms with van der Waals surface area (Å²) in [5.74, 6) is -6.75. The summed E-state index contributed by atoms with van der Waals surface area (Å²) in [5, 5.41) is 30.0. The molecule has 0 aliphatic rings. The van der Waals surface area contributed by atoms with Crippen LogP contribution >= 0.6 is 0 Å². The van der Waals surface area contributed by atoms with Gasteiger partial charge in [0, 0.05) is 6.92 Å². The largest absolute Gasteiger partial charge is 0.478 e. The summed E-state index contributed by atoms with van der Waals surface area (Å²) in [5.41, 5.74) is 1.38. The minimum Gasteiger partial charge on any atom is -0.478 e. The Hall–Kier alpha value is -5.64. The molecular weight excluding hydrogens is 530 g/mol. The van der Waals surface area contributed by atoms with Crippen molar-refractivity contribution in [3.05, 3.63) is 118 Å². The highest BCUT2D eigenvalue weighted by atomic mass is 16.4. The summed E-state index contributed by atoms with van der Waals surface area (Å²) in [6, 6.07) is 15.6. The maximum atomic E-state index is 13.5. The predicted molar refractivity (Wildman–Crippen MR) is 148 cm³/mol. The normalized spacial score (nSPS) is 11.9. The number of allylic oxidation sites excluding steroid dienone is 2. The minimum absolute atomic E-state index is 0.0288. The van der Waals surface area contributed by atoms with Crippen molar-refractivity contribution in [1.82, 2.24) is 5.32 Å². The number of carbonyl (C=O) groups is 6. The molecule has 41 heavy (non-hydrogen) atoms. The smallest absolute Gasteiger partial charge is 0.335 e. The molecule has 0 aliphatic carbocycles. The maximum absolute atomic E-state index is 13.5. The molecule has 0 radical (unpaired) electrons. The zero-order valence-corrected chi connectivity index (χ0v) is 21.7. The van der Waals surface area contributed by atoms with Gasteiger partial charge in [0.15, 0.2) is 11.6 Å². The zero-order chi connectivity index (χ0) is 30.1. The van der Waals surface area contributed by atoms with Crippen LogP contribution < -0.4 is 5.32 Å². The minimum atomic E-state index is -1.46. The number of benzene rings is 3. The Morgan fingerprint density at radius 2 is 0.927 bits per heavy atom. The number of hydrogen-bond donors (Lipinski definition) is 4. The highest BCUT2D eigenvalue weighted by Gasteiger charge is 2.34. The van der Waals surface area contributed by atoms with Gasteiger partial charge < -0.3 is 20.6 Å². The highest BCUT2D eigenvalue weighted by Crippen LogP contribution is 2.27. The first-order valence-electron chi connectivity index (χ1n) is 12.2. The fourth-order valence-corrected chi connectivity index (χ4v) is 3.92. The molecule has 0 saturated heterocycles. The molecule has 1 amide bonds. The number of rotatable bonds is 12. The molecule has 0 heterocycles. The lowest BCUT2D eigenvalue weighted by molar-refractivity contribution is -0.129. The van der Waals surface area contributed by atoms with E-state index in [1.54, 1.807) is 0 Å². The van der Waals surface area contributed by atoms with Crippen molar-refractivity contribution in [2.24, 2.45) is 5.92 Å². The zero-order valence-electron chi connectivity index (χ0n) is 21.7. The molecule has 4 N–H and O–H groups in total. The number of carboxylic acids is 3. The van der Waals surface area contributed by atoms with Gasteiger partial charge in [-0.05, 0) is 65.2 Å². The van der Waals surface area contributed by atoms with Crippen LogP contribution in [0.5, 0.6) is 0 Å².